The van der Waals surface area contributed by atoms with Gasteiger partial charge in [0.2, 0.25) is 0 Å². The average Bonchev–Trinajstić information content (AvgIpc) is 3.20. The molecule has 14 heteroatoms. The lowest BCUT2D eigenvalue weighted by molar-refractivity contribution is -0.220. The van der Waals surface area contributed by atoms with E-state index in [1.165, 1.54) is 57.8 Å². The van der Waals surface area contributed by atoms with Crippen LogP contribution in [0.15, 0.2) is 48.6 Å². The van der Waals surface area contributed by atoms with Gasteiger partial charge < -0.3 is 39.9 Å². The summed E-state index contributed by atoms with van der Waals surface area (Å²) >= 11 is 0. The number of ether oxygens (including phenoxy) is 2. The van der Waals surface area contributed by atoms with Gasteiger partial charge in [0.1, 0.15) is 43.2 Å². The molecule has 0 amide bonds. The van der Waals surface area contributed by atoms with Gasteiger partial charge in [-0.1, -0.05) is 127 Å². The molecule has 0 aliphatic heterocycles. The molecule has 1 saturated carbocycles. The molecule has 0 aromatic heterocycles. The fourth-order valence-electron chi connectivity index (χ4n) is 6.30. The van der Waals surface area contributed by atoms with Crippen molar-refractivity contribution >= 4 is 19.8 Å². The van der Waals surface area contributed by atoms with Crippen molar-refractivity contribution in [2.45, 2.75) is 204 Å². The molecule has 336 valence electrons. The molecular weight excluding hydrogens is 767 g/mol. The number of aliphatic hydroxyl groups excluding tert-OH is 5. The summed E-state index contributed by atoms with van der Waals surface area (Å²) in [6, 6.07) is 0. The molecule has 0 saturated heterocycles. The van der Waals surface area contributed by atoms with Gasteiger partial charge in [-0.25, -0.2) is 4.57 Å². The van der Waals surface area contributed by atoms with E-state index in [0.29, 0.717) is 19.3 Å². The summed E-state index contributed by atoms with van der Waals surface area (Å²) in [4.78, 5) is 35.6. The second kappa shape index (κ2) is 34.5. The first-order valence-corrected chi connectivity index (χ1v) is 23.4. The van der Waals surface area contributed by atoms with Crippen LogP contribution in [0.3, 0.4) is 0 Å². The van der Waals surface area contributed by atoms with Gasteiger partial charge in [-0.15, -0.1) is 0 Å². The van der Waals surface area contributed by atoms with E-state index in [2.05, 4.69) is 50.3 Å². The summed E-state index contributed by atoms with van der Waals surface area (Å²) in [5.41, 5.74) is 0. The van der Waals surface area contributed by atoms with Crippen molar-refractivity contribution in [1.82, 2.24) is 0 Å². The van der Waals surface area contributed by atoms with Crippen LogP contribution in [0.25, 0.3) is 0 Å². The van der Waals surface area contributed by atoms with Gasteiger partial charge in [-0.3, -0.25) is 18.6 Å². The fraction of sp³-hybridized carbons (Fsp3) is 0.773. The maximum Gasteiger partial charge on any atom is 0.472 e. The molecule has 8 atom stereocenters. The van der Waals surface area contributed by atoms with Crippen molar-refractivity contribution in [1.29, 1.82) is 0 Å². The van der Waals surface area contributed by atoms with E-state index in [1.54, 1.807) is 0 Å². The Kier molecular flexibility index (Phi) is 32.0. The number of esters is 2. The Morgan fingerprint density at radius 3 is 1.52 bits per heavy atom. The number of allylic oxidation sites excluding steroid dienone is 8. The Bertz CT molecular complexity index is 1210. The molecule has 6 N–H and O–H groups in total. The minimum absolute atomic E-state index is 0.0223. The quantitative estimate of drug-likeness (QED) is 0.0155. The van der Waals surface area contributed by atoms with Crippen molar-refractivity contribution in [3.8, 4) is 0 Å². The molecule has 1 fully saturated rings. The second-order valence-electron chi connectivity index (χ2n) is 15.2. The SMILES string of the molecule is CCCCC/C=C/CCCCCCCC(=O)OC[C@H](COP(=O)(O)OC1C(O)C(O)C(O)[C@@H](O)C1O)OC(=O)CCC/C=C/C/C=C/C/C=C/CCCCCCCC. The van der Waals surface area contributed by atoms with Crippen LogP contribution < -0.4 is 0 Å². The van der Waals surface area contributed by atoms with Gasteiger partial charge in [-0.05, 0) is 70.6 Å². The monoisotopic (exact) mass is 845 g/mol. The Hall–Kier alpha value is -2.19. The van der Waals surface area contributed by atoms with Crippen LogP contribution in [-0.4, -0.2) is 98.3 Å². The molecule has 0 bridgehead atoms. The Morgan fingerprint density at radius 2 is 0.948 bits per heavy atom. The van der Waals surface area contributed by atoms with Crippen molar-refractivity contribution in [3.05, 3.63) is 48.6 Å². The number of phosphoric ester groups is 1. The highest BCUT2D eigenvalue weighted by molar-refractivity contribution is 7.47. The first kappa shape index (κ1) is 53.8. The molecule has 0 radical (unpaired) electrons. The van der Waals surface area contributed by atoms with Crippen molar-refractivity contribution in [2.24, 2.45) is 0 Å². The molecule has 1 rings (SSSR count). The Morgan fingerprint density at radius 1 is 0.534 bits per heavy atom. The maximum absolute atomic E-state index is 12.8. The van der Waals surface area contributed by atoms with E-state index in [9.17, 15) is 44.6 Å². The smallest absolute Gasteiger partial charge is 0.462 e. The summed E-state index contributed by atoms with van der Waals surface area (Å²) < 4.78 is 33.4. The third-order valence-corrected chi connectivity index (χ3v) is 10.9. The number of rotatable bonds is 35. The van der Waals surface area contributed by atoms with Crippen LogP contribution in [0.4, 0.5) is 0 Å². The van der Waals surface area contributed by atoms with Crippen LogP contribution in [-0.2, 0) is 32.7 Å². The number of hydrogen-bond acceptors (Lipinski definition) is 12. The second-order valence-corrected chi connectivity index (χ2v) is 16.6. The van der Waals surface area contributed by atoms with Crippen LogP contribution in [0.1, 0.15) is 162 Å². The van der Waals surface area contributed by atoms with Crippen LogP contribution >= 0.6 is 7.82 Å². The highest BCUT2D eigenvalue weighted by Crippen LogP contribution is 2.47. The third-order valence-electron chi connectivity index (χ3n) is 9.89. The number of carbonyl (C=O) groups is 2. The topological polar surface area (TPSA) is 210 Å². The molecule has 13 nitrogen and oxygen atoms in total. The average molecular weight is 845 g/mol. The maximum atomic E-state index is 12.8. The van der Waals surface area contributed by atoms with Crippen LogP contribution in [0.5, 0.6) is 0 Å². The first-order chi connectivity index (χ1) is 27.9. The highest BCUT2D eigenvalue weighted by Gasteiger charge is 2.51. The van der Waals surface area contributed by atoms with Gasteiger partial charge in [0.25, 0.3) is 0 Å². The summed E-state index contributed by atoms with van der Waals surface area (Å²) in [5.74, 6) is -1.17. The van der Waals surface area contributed by atoms with E-state index < -0.39 is 75.7 Å². The highest BCUT2D eigenvalue weighted by atomic mass is 31.2. The van der Waals surface area contributed by atoms with Gasteiger partial charge in [0, 0.05) is 12.8 Å². The molecule has 6 unspecified atom stereocenters. The van der Waals surface area contributed by atoms with Crippen molar-refractivity contribution in [2.75, 3.05) is 13.2 Å². The lowest BCUT2D eigenvalue weighted by atomic mass is 9.85. The van der Waals surface area contributed by atoms with Crippen molar-refractivity contribution in [3.63, 3.8) is 0 Å². The Balaban J connectivity index is 2.54. The molecule has 58 heavy (non-hydrogen) atoms. The van der Waals surface area contributed by atoms with E-state index in [1.807, 2.05) is 12.2 Å². The minimum Gasteiger partial charge on any atom is -0.462 e. The predicted octanol–water partition coefficient (Wildman–Crippen LogP) is 8.00. The third kappa shape index (κ3) is 26.8. The van der Waals surface area contributed by atoms with Gasteiger partial charge in [-0.2, -0.15) is 0 Å². The lowest BCUT2D eigenvalue weighted by Crippen LogP contribution is -2.64. The fourth-order valence-corrected chi connectivity index (χ4v) is 7.27. The zero-order valence-electron chi connectivity index (χ0n) is 35.3. The van der Waals surface area contributed by atoms with Gasteiger partial charge in [0.15, 0.2) is 6.10 Å². The summed E-state index contributed by atoms with van der Waals surface area (Å²) in [7, 11) is -5.13. The number of unbranched alkanes of at least 4 members (excludes halogenated alkanes) is 15. The van der Waals surface area contributed by atoms with Crippen LogP contribution in [0.2, 0.25) is 0 Å². The summed E-state index contributed by atoms with van der Waals surface area (Å²) in [5, 5.41) is 50.0. The molecular formula is C44H77O13P. The molecule has 0 aromatic rings. The van der Waals surface area contributed by atoms with E-state index in [4.69, 9.17) is 18.5 Å². The number of phosphoric acid groups is 1. The first-order valence-electron chi connectivity index (χ1n) is 21.9. The predicted molar refractivity (Wildman–Crippen MR) is 226 cm³/mol. The largest absolute Gasteiger partial charge is 0.472 e. The zero-order valence-corrected chi connectivity index (χ0v) is 36.2. The molecule has 0 aromatic carbocycles. The Labute approximate surface area is 348 Å². The molecule has 1 aliphatic carbocycles. The zero-order chi connectivity index (χ0) is 42.9. The van der Waals surface area contributed by atoms with E-state index >= 15 is 0 Å². The normalized spacial score (nSPS) is 23.0. The van der Waals surface area contributed by atoms with E-state index in [-0.39, 0.29) is 12.8 Å². The summed E-state index contributed by atoms with van der Waals surface area (Å²) in [6.07, 6.45) is 26.1. The lowest BCUT2D eigenvalue weighted by Gasteiger charge is -2.41. The van der Waals surface area contributed by atoms with Gasteiger partial charge in [0.05, 0.1) is 6.61 Å². The van der Waals surface area contributed by atoms with Crippen molar-refractivity contribution < 1.29 is 63.1 Å². The van der Waals surface area contributed by atoms with Crippen LogP contribution in [0, 0.1) is 0 Å². The number of carbonyl (C=O) groups excluding carboxylic acids is 2. The number of hydrogen-bond donors (Lipinski definition) is 6. The molecule has 0 heterocycles. The van der Waals surface area contributed by atoms with Gasteiger partial charge >= 0.3 is 19.8 Å². The minimum atomic E-state index is -5.13. The molecule has 1 aliphatic rings. The summed E-state index contributed by atoms with van der Waals surface area (Å²) in [6.45, 7) is 3.20. The standard InChI is InChI=1S/C44H77O13P/c1-3-5-7-9-11-13-15-17-18-19-20-21-23-25-27-29-31-33-38(46)56-36(34-54-37(45)32-30-28-26-24-22-16-14-12-10-8-6-4-2)35-55-58(52,53)57-44-42(50)40(48)39(47)41(49)43(44)51/h12,14,17-18,20-21,25,27,36,39-44,47-51H,3-11,13,15-16,19,22-24,26,28-35H2,1-2H3,(H,52,53)/b14-12+,18-17+,21-20+,27-25+/t36-,39?,40-,41?,42?,43?,44?/m1/s1. The number of aliphatic hydroxyl groups is 5. The van der Waals surface area contributed by atoms with E-state index in [0.717, 1.165) is 57.8 Å². The molecule has 0 spiro atoms.